The molecule has 114 valence electrons. The van der Waals surface area contributed by atoms with Crippen molar-refractivity contribution in [3.05, 3.63) is 65.5 Å². The summed E-state index contributed by atoms with van der Waals surface area (Å²) < 4.78 is 20.2. The van der Waals surface area contributed by atoms with E-state index >= 15 is 0 Å². The van der Waals surface area contributed by atoms with E-state index in [0.717, 1.165) is 30.9 Å². The Morgan fingerprint density at radius 3 is 2.82 bits per heavy atom. The minimum Gasteiger partial charge on any atom is -0.493 e. The summed E-state index contributed by atoms with van der Waals surface area (Å²) >= 11 is 0. The first-order chi connectivity index (χ1) is 10.7. The van der Waals surface area contributed by atoms with Gasteiger partial charge in [-0.05, 0) is 17.7 Å². The van der Waals surface area contributed by atoms with Crippen molar-refractivity contribution < 1.29 is 9.13 Å². The zero-order valence-corrected chi connectivity index (χ0v) is 12.8. The average molecular weight is 297 g/mol. The molecule has 4 rings (SSSR count). The molecule has 0 radical (unpaired) electrons. The highest BCUT2D eigenvalue weighted by Crippen LogP contribution is 2.50. The van der Waals surface area contributed by atoms with Crippen LogP contribution in [0.3, 0.4) is 0 Å². The van der Waals surface area contributed by atoms with E-state index in [1.165, 1.54) is 5.56 Å². The van der Waals surface area contributed by atoms with Gasteiger partial charge in [-0.3, -0.25) is 4.90 Å². The highest BCUT2D eigenvalue weighted by molar-refractivity contribution is 5.42. The van der Waals surface area contributed by atoms with Crippen molar-refractivity contribution in [3.63, 3.8) is 0 Å². The molecule has 0 unspecified atom stereocenters. The molecule has 0 spiro atoms. The topological polar surface area (TPSA) is 12.5 Å². The van der Waals surface area contributed by atoms with Gasteiger partial charge in [0.05, 0.1) is 6.61 Å². The minimum absolute atomic E-state index is 0.00995. The lowest BCUT2D eigenvalue weighted by Crippen LogP contribution is -2.36. The van der Waals surface area contributed by atoms with Crippen LogP contribution in [0.5, 0.6) is 5.75 Å². The maximum Gasteiger partial charge on any atom is 0.130 e. The summed E-state index contributed by atoms with van der Waals surface area (Å²) in [7, 11) is 0. The molecule has 0 N–H and O–H groups in total. The lowest BCUT2D eigenvalue weighted by molar-refractivity contribution is 0.125. The third-order valence-corrected chi connectivity index (χ3v) is 5.03. The highest BCUT2D eigenvalue weighted by atomic mass is 19.1. The number of hydrogen-bond donors (Lipinski definition) is 0. The number of likely N-dealkylation sites (tertiary alicyclic amines) is 1. The van der Waals surface area contributed by atoms with Gasteiger partial charge in [-0.2, -0.15) is 0 Å². The predicted molar refractivity (Wildman–Crippen MR) is 84.5 cm³/mol. The van der Waals surface area contributed by atoms with E-state index in [9.17, 15) is 4.39 Å². The third kappa shape index (κ3) is 2.20. The first-order valence-electron chi connectivity index (χ1n) is 7.83. The number of rotatable bonds is 2. The second-order valence-electron chi connectivity index (χ2n) is 6.80. The first kappa shape index (κ1) is 13.8. The van der Waals surface area contributed by atoms with Gasteiger partial charge < -0.3 is 4.74 Å². The Morgan fingerprint density at radius 1 is 1.18 bits per heavy atom. The maximum atomic E-state index is 14.3. The number of fused-ring (bicyclic) bond motifs is 3. The number of hydrogen-bond acceptors (Lipinski definition) is 2. The molecule has 2 aliphatic rings. The van der Waals surface area contributed by atoms with Crippen LogP contribution in [0.4, 0.5) is 4.39 Å². The molecule has 1 saturated heterocycles. The molecule has 2 aromatic rings. The van der Waals surface area contributed by atoms with Gasteiger partial charge >= 0.3 is 0 Å². The fourth-order valence-corrected chi connectivity index (χ4v) is 3.94. The van der Waals surface area contributed by atoms with Crippen LogP contribution >= 0.6 is 0 Å². The van der Waals surface area contributed by atoms with Gasteiger partial charge in [0.2, 0.25) is 0 Å². The zero-order valence-electron chi connectivity index (χ0n) is 12.8. The van der Waals surface area contributed by atoms with Crippen LogP contribution in [0.1, 0.15) is 24.0 Å². The lowest BCUT2D eigenvalue weighted by atomic mass is 9.74. The predicted octanol–water partition coefficient (Wildman–Crippen LogP) is 3.82. The summed E-state index contributed by atoms with van der Waals surface area (Å²) in [6.07, 6.45) is 0. The van der Waals surface area contributed by atoms with Gasteiger partial charge in [-0.15, -0.1) is 0 Å². The van der Waals surface area contributed by atoms with Gasteiger partial charge in [-0.25, -0.2) is 4.39 Å². The fraction of sp³-hybridized carbons (Fsp3) is 0.368. The van der Waals surface area contributed by atoms with Gasteiger partial charge in [-0.1, -0.05) is 43.3 Å². The summed E-state index contributed by atoms with van der Waals surface area (Å²) in [6.45, 7) is 5.64. The van der Waals surface area contributed by atoms with Crippen LogP contribution < -0.4 is 4.74 Å². The van der Waals surface area contributed by atoms with Crippen molar-refractivity contribution in [3.8, 4) is 5.75 Å². The molecule has 1 fully saturated rings. The molecule has 0 aliphatic carbocycles. The molecular weight excluding hydrogens is 277 g/mol. The van der Waals surface area contributed by atoms with Gasteiger partial charge in [0, 0.05) is 36.5 Å². The monoisotopic (exact) mass is 297 g/mol. The Hall–Kier alpha value is -1.87. The van der Waals surface area contributed by atoms with Crippen molar-refractivity contribution >= 4 is 0 Å². The second kappa shape index (κ2) is 5.10. The summed E-state index contributed by atoms with van der Waals surface area (Å²) in [5, 5.41) is 0. The number of ether oxygens (including phenoxy) is 1. The van der Waals surface area contributed by atoms with Crippen molar-refractivity contribution in [1.29, 1.82) is 0 Å². The molecule has 2 atom stereocenters. The van der Waals surface area contributed by atoms with E-state index in [1.807, 2.05) is 12.1 Å². The van der Waals surface area contributed by atoms with E-state index in [-0.39, 0.29) is 17.2 Å². The molecular formula is C19H20FNO. The smallest absolute Gasteiger partial charge is 0.130 e. The van der Waals surface area contributed by atoms with Gasteiger partial charge in [0.1, 0.15) is 11.6 Å². The highest BCUT2D eigenvalue weighted by Gasteiger charge is 2.48. The Kier molecular flexibility index (Phi) is 3.19. The molecule has 2 nitrogen and oxygen atoms in total. The Bertz CT molecular complexity index is 687. The van der Waals surface area contributed by atoms with Crippen LogP contribution in [0.15, 0.2) is 48.5 Å². The molecule has 0 saturated carbocycles. The van der Waals surface area contributed by atoms with Crippen molar-refractivity contribution in [1.82, 2.24) is 4.90 Å². The largest absolute Gasteiger partial charge is 0.493 e. The van der Waals surface area contributed by atoms with Crippen molar-refractivity contribution in [2.24, 2.45) is 5.41 Å². The molecule has 0 bridgehead atoms. The molecule has 0 aromatic heterocycles. The third-order valence-electron chi connectivity index (χ3n) is 5.03. The van der Waals surface area contributed by atoms with E-state index < -0.39 is 0 Å². The van der Waals surface area contributed by atoms with E-state index in [4.69, 9.17) is 4.74 Å². The Morgan fingerprint density at radius 2 is 2.00 bits per heavy atom. The van der Waals surface area contributed by atoms with Crippen LogP contribution in [-0.2, 0) is 6.54 Å². The van der Waals surface area contributed by atoms with E-state index in [2.05, 4.69) is 36.1 Å². The first-order valence-corrected chi connectivity index (χ1v) is 7.83. The van der Waals surface area contributed by atoms with Gasteiger partial charge in [0.15, 0.2) is 0 Å². The maximum absolute atomic E-state index is 14.3. The summed E-state index contributed by atoms with van der Waals surface area (Å²) in [5.41, 5.74) is 2.07. The summed E-state index contributed by atoms with van der Waals surface area (Å²) in [4.78, 5) is 2.42. The normalized spacial score (nSPS) is 27.1. The lowest BCUT2D eigenvalue weighted by Gasteiger charge is -2.36. The average Bonchev–Trinajstić information content (AvgIpc) is 2.84. The minimum atomic E-state index is -0.130. The van der Waals surface area contributed by atoms with E-state index in [1.54, 1.807) is 12.1 Å². The number of halogens is 1. The second-order valence-corrected chi connectivity index (χ2v) is 6.80. The number of nitrogens with zero attached hydrogens (tertiary/aromatic N) is 1. The molecule has 0 amide bonds. The Labute approximate surface area is 130 Å². The molecule has 3 heteroatoms. The molecule has 2 aliphatic heterocycles. The number of benzene rings is 2. The van der Waals surface area contributed by atoms with Crippen LogP contribution in [-0.4, -0.2) is 24.6 Å². The van der Waals surface area contributed by atoms with Crippen molar-refractivity contribution in [2.45, 2.75) is 19.4 Å². The fourth-order valence-electron chi connectivity index (χ4n) is 3.94. The Balaban J connectivity index is 1.62. The van der Waals surface area contributed by atoms with Crippen LogP contribution in [0.25, 0.3) is 0 Å². The van der Waals surface area contributed by atoms with Crippen LogP contribution in [0.2, 0.25) is 0 Å². The zero-order chi connectivity index (χ0) is 15.2. The van der Waals surface area contributed by atoms with Crippen molar-refractivity contribution in [2.75, 3.05) is 19.7 Å². The van der Waals surface area contributed by atoms with E-state index in [0.29, 0.717) is 6.61 Å². The molecule has 2 heterocycles. The summed E-state index contributed by atoms with van der Waals surface area (Å²) in [5.74, 6) is 0.806. The van der Waals surface area contributed by atoms with Crippen LogP contribution in [0, 0.1) is 11.2 Å². The molecule has 2 aromatic carbocycles. The molecule has 22 heavy (non-hydrogen) atoms. The summed E-state index contributed by atoms with van der Waals surface area (Å²) in [6, 6.07) is 15.6. The quantitative estimate of drug-likeness (QED) is 0.835. The van der Waals surface area contributed by atoms with Gasteiger partial charge in [0.25, 0.3) is 0 Å². The standard InChI is InChI=1S/C19H20FNO/c1-19-12-21(10-14-6-3-2-4-7-14)11-15(19)18-16(20)8-5-9-17(18)22-13-19/h2-9,15H,10-13H2,1H3/t15-,19-/m0/s1. The SMILES string of the molecule is C[C@]12COc3cccc(F)c3[C@@H]1CN(Cc1ccccc1)C2.